The lowest BCUT2D eigenvalue weighted by atomic mass is 10.2. The van der Waals surface area contributed by atoms with Crippen molar-refractivity contribution in [1.29, 1.82) is 0 Å². The molecule has 2 aromatic rings. The lowest BCUT2D eigenvalue weighted by Gasteiger charge is -2.33. The second-order valence-corrected chi connectivity index (χ2v) is 5.47. The molecule has 3 rings (SSSR count). The fourth-order valence-electron chi connectivity index (χ4n) is 2.58. The van der Waals surface area contributed by atoms with Crippen LogP contribution in [0, 0.1) is 5.82 Å². The number of aromatic nitrogens is 1. The van der Waals surface area contributed by atoms with Crippen LogP contribution in [0.1, 0.15) is 12.6 Å². The van der Waals surface area contributed by atoms with Gasteiger partial charge in [0.1, 0.15) is 12.1 Å². The molecule has 1 aromatic heterocycles. The molecule has 1 fully saturated rings. The highest BCUT2D eigenvalue weighted by atomic mass is 35.5. The van der Waals surface area contributed by atoms with E-state index in [9.17, 15) is 9.18 Å². The Labute approximate surface area is 152 Å². The average Bonchev–Trinajstić information content (AvgIpc) is 2.97. The molecule has 0 aliphatic carbocycles. The summed E-state index contributed by atoms with van der Waals surface area (Å²) in [5.41, 5.74) is 1.28. The van der Waals surface area contributed by atoms with Crippen molar-refractivity contribution in [2.75, 3.05) is 19.6 Å². The first-order valence-electron chi connectivity index (χ1n) is 7.34. The van der Waals surface area contributed by atoms with Crippen LogP contribution < -0.4 is 5.32 Å². The van der Waals surface area contributed by atoms with Gasteiger partial charge in [0.2, 0.25) is 11.8 Å². The molecular formula is C16H20Cl2FN3O2. The number of halogens is 3. The van der Waals surface area contributed by atoms with Crippen LogP contribution in [0.25, 0.3) is 11.5 Å². The molecule has 132 valence electrons. The van der Waals surface area contributed by atoms with Crippen molar-refractivity contribution in [1.82, 2.24) is 15.2 Å². The summed E-state index contributed by atoms with van der Waals surface area (Å²) in [7, 11) is 0. The highest BCUT2D eigenvalue weighted by Gasteiger charge is 2.23. The van der Waals surface area contributed by atoms with Gasteiger partial charge in [0.25, 0.3) is 0 Å². The largest absolute Gasteiger partial charge is 0.444 e. The molecule has 1 atom stereocenters. The summed E-state index contributed by atoms with van der Waals surface area (Å²) in [5, 5.41) is 3.25. The highest BCUT2D eigenvalue weighted by molar-refractivity contribution is 5.85. The maximum Gasteiger partial charge on any atom is 0.229 e. The van der Waals surface area contributed by atoms with Crippen LogP contribution in [0.15, 0.2) is 34.9 Å². The monoisotopic (exact) mass is 375 g/mol. The van der Waals surface area contributed by atoms with Crippen molar-refractivity contribution < 1.29 is 13.6 Å². The van der Waals surface area contributed by atoms with Gasteiger partial charge in [-0.1, -0.05) is 0 Å². The lowest BCUT2D eigenvalue weighted by molar-refractivity contribution is -0.133. The quantitative estimate of drug-likeness (QED) is 0.895. The number of hydrogen-bond acceptors (Lipinski definition) is 4. The van der Waals surface area contributed by atoms with E-state index in [1.54, 1.807) is 12.1 Å². The van der Waals surface area contributed by atoms with Gasteiger partial charge in [-0.05, 0) is 31.2 Å². The second kappa shape index (κ2) is 9.01. The normalized spacial score (nSPS) is 16.9. The average molecular weight is 376 g/mol. The minimum Gasteiger partial charge on any atom is -0.444 e. The molecular weight excluding hydrogens is 356 g/mol. The number of rotatable bonds is 3. The Morgan fingerprint density at radius 1 is 1.38 bits per heavy atom. The molecule has 0 bridgehead atoms. The molecule has 24 heavy (non-hydrogen) atoms. The SMILES string of the molecule is C[C@@H]1CNCCN1C(=O)Cc1coc(-c2ccc(F)cc2)n1.Cl.Cl. The molecule has 1 N–H and O–H groups in total. The van der Waals surface area contributed by atoms with E-state index >= 15 is 0 Å². The predicted molar refractivity (Wildman–Crippen MR) is 94.1 cm³/mol. The van der Waals surface area contributed by atoms with Crippen LogP contribution >= 0.6 is 24.8 Å². The van der Waals surface area contributed by atoms with E-state index in [4.69, 9.17) is 4.42 Å². The third kappa shape index (κ3) is 4.69. The van der Waals surface area contributed by atoms with Gasteiger partial charge in [-0.15, -0.1) is 24.8 Å². The Morgan fingerprint density at radius 2 is 2.08 bits per heavy atom. The number of nitrogens with zero attached hydrogens (tertiary/aromatic N) is 2. The van der Waals surface area contributed by atoms with E-state index in [2.05, 4.69) is 10.3 Å². The predicted octanol–water partition coefficient (Wildman–Crippen LogP) is 2.69. The second-order valence-electron chi connectivity index (χ2n) is 5.47. The standard InChI is InChI=1S/C16H18FN3O2.2ClH/c1-11-9-18-6-7-20(11)15(21)8-14-10-22-16(19-14)12-2-4-13(17)5-3-12;;/h2-5,10-11,18H,6-9H2,1H3;2*1H/t11-;;/m1../s1. The van der Waals surface area contributed by atoms with Crippen LogP contribution in [0.5, 0.6) is 0 Å². The molecule has 1 amide bonds. The Morgan fingerprint density at radius 3 is 2.75 bits per heavy atom. The Hall–Kier alpha value is -1.63. The van der Waals surface area contributed by atoms with Gasteiger partial charge in [0.05, 0.1) is 12.1 Å². The highest BCUT2D eigenvalue weighted by Crippen LogP contribution is 2.19. The first-order valence-corrected chi connectivity index (χ1v) is 7.34. The maximum absolute atomic E-state index is 12.9. The summed E-state index contributed by atoms with van der Waals surface area (Å²) in [5.74, 6) is 0.141. The van der Waals surface area contributed by atoms with Gasteiger partial charge in [0.15, 0.2) is 0 Å². The van der Waals surface area contributed by atoms with Gasteiger partial charge in [-0.25, -0.2) is 9.37 Å². The fraction of sp³-hybridized carbons (Fsp3) is 0.375. The van der Waals surface area contributed by atoms with Gasteiger partial charge in [0, 0.05) is 31.2 Å². The first kappa shape index (κ1) is 20.4. The Balaban J connectivity index is 0.00000144. The van der Waals surface area contributed by atoms with Crippen LogP contribution in [-0.2, 0) is 11.2 Å². The first-order chi connectivity index (χ1) is 10.6. The zero-order valence-corrected chi connectivity index (χ0v) is 14.8. The van der Waals surface area contributed by atoms with Crippen molar-refractivity contribution in [3.63, 3.8) is 0 Å². The number of oxazole rings is 1. The van der Waals surface area contributed by atoms with Crippen molar-refractivity contribution in [3.05, 3.63) is 42.0 Å². The number of amides is 1. The summed E-state index contributed by atoms with van der Waals surface area (Å²) in [6, 6.07) is 6.10. The van der Waals surface area contributed by atoms with E-state index < -0.39 is 0 Å². The number of piperazine rings is 1. The van der Waals surface area contributed by atoms with Crippen molar-refractivity contribution in [2.24, 2.45) is 0 Å². The van der Waals surface area contributed by atoms with Crippen LogP contribution in [0.3, 0.4) is 0 Å². The zero-order chi connectivity index (χ0) is 15.5. The summed E-state index contributed by atoms with van der Waals surface area (Å²) >= 11 is 0. The number of carbonyl (C=O) groups is 1. The van der Waals surface area contributed by atoms with Gasteiger partial charge < -0.3 is 14.6 Å². The van der Waals surface area contributed by atoms with Crippen molar-refractivity contribution in [3.8, 4) is 11.5 Å². The Bertz CT molecular complexity index is 664. The fourth-order valence-corrected chi connectivity index (χ4v) is 2.58. The molecule has 1 aliphatic rings. The smallest absolute Gasteiger partial charge is 0.229 e. The molecule has 0 unspecified atom stereocenters. The third-order valence-corrected chi connectivity index (χ3v) is 3.80. The number of carbonyl (C=O) groups excluding carboxylic acids is 1. The minimum atomic E-state index is -0.307. The van der Waals surface area contributed by atoms with Crippen molar-refractivity contribution in [2.45, 2.75) is 19.4 Å². The number of hydrogen-bond donors (Lipinski definition) is 1. The minimum absolute atomic E-state index is 0. The summed E-state index contributed by atoms with van der Waals surface area (Å²) in [6.07, 6.45) is 1.71. The molecule has 2 heterocycles. The molecule has 1 aromatic carbocycles. The number of nitrogens with one attached hydrogen (secondary N) is 1. The molecule has 0 spiro atoms. The van der Waals surface area contributed by atoms with Crippen LogP contribution in [-0.4, -0.2) is 41.5 Å². The topological polar surface area (TPSA) is 58.4 Å². The van der Waals surface area contributed by atoms with Crippen LogP contribution in [0.4, 0.5) is 4.39 Å². The summed E-state index contributed by atoms with van der Waals surface area (Å²) in [6.45, 7) is 4.36. The van der Waals surface area contributed by atoms with E-state index in [0.29, 0.717) is 23.7 Å². The molecule has 5 nitrogen and oxygen atoms in total. The van der Waals surface area contributed by atoms with Gasteiger partial charge in [-0.3, -0.25) is 4.79 Å². The van der Waals surface area contributed by atoms with E-state index in [-0.39, 0.29) is 49.0 Å². The van der Waals surface area contributed by atoms with E-state index in [1.807, 2.05) is 11.8 Å². The molecule has 1 aliphatic heterocycles. The van der Waals surface area contributed by atoms with Crippen molar-refractivity contribution >= 4 is 30.7 Å². The van der Waals surface area contributed by atoms with E-state index in [0.717, 1.165) is 13.1 Å². The molecule has 1 saturated heterocycles. The molecule has 8 heteroatoms. The summed E-state index contributed by atoms with van der Waals surface area (Å²) < 4.78 is 18.3. The zero-order valence-electron chi connectivity index (χ0n) is 13.2. The van der Waals surface area contributed by atoms with Gasteiger partial charge >= 0.3 is 0 Å². The number of benzene rings is 1. The van der Waals surface area contributed by atoms with E-state index in [1.165, 1.54) is 18.4 Å². The lowest BCUT2D eigenvalue weighted by Crippen LogP contribution is -2.52. The Kier molecular flexibility index (Phi) is 7.66. The van der Waals surface area contributed by atoms with Gasteiger partial charge in [-0.2, -0.15) is 0 Å². The molecule has 0 saturated carbocycles. The van der Waals surface area contributed by atoms with Crippen LogP contribution in [0.2, 0.25) is 0 Å². The summed E-state index contributed by atoms with van der Waals surface area (Å²) in [4.78, 5) is 18.5. The molecule has 0 radical (unpaired) electrons. The third-order valence-electron chi connectivity index (χ3n) is 3.80. The maximum atomic E-state index is 12.9.